The third-order valence-corrected chi connectivity index (χ3v) is 3.46. The lowest BCUT2D eigenvalue weighted by Crippen LogP contribution is -2.16. The lowest BCUT2D eigenvalue weighted by Gasteiger charge is -2.27. The summed E-state index contributed by atoms with van der Waals surface area (Å²) in [5, 5.41) is 9.85. The van der Waals surface area contributed by atoms with Crippen molar-refractivity contribution in [1.29, 1.82) is 0 Å². The molecule has 0 saturated heterocycles. The van der Waals surface area contributed by atoms with Crippen LogP contribution in [0.2, 0.25) is 0 Å². The third-order valence-electron chi connectivity index (χ3n) is 3.46. The number of hydrogen-bond acceptors (Lipinski definition) is 1. The largest absolute Gasteiger partial charge is 0.419 e. The van der Waals surface area contributed by atoms with E-state index in [1.54, 1.807) is 0 Å². The molecule has 1 aromatic carbocycles. The van der Waals surface area contributed by atoms with Crippen molar-refractivity contribution in [3.63, 3.8) is 0 Å². The van der Waals surface area contributed by atoms with Gasteiger partial charge in [0.2, 0.25) is 0 Å². The Morgan fingerprint density at radius 2 is 1.94 bits per heavy atom. The van der Waals surface area contributed by atoms with E-state index in [1.807, 2.05) is 0 Å². The summed E-state index contributed by atoms with van der Waals surface area (Å²) >= 11 is 0. The SMILES string of the molecule is OC(CC1CCC1)c1ccc(F)c(C(F)(F)F)c1. The second-order valence-corrected chi connectivity index (χ2v) is 4.79. The third kappa shape index (κ3) is 2.83. The lowest BCUT2D eigenvalue weighted by atomic mass is 9.80. The molecule has 1 atom stereocenters. The van der Waals surface area contributed by atoms with Gasteiger partial charge < -0.3 is 5.11 Å². The topological polar surface area (TPSA) is 20.2 Å². The molecule has 100 valence electrons. The summed E-state index contributed by atoms with van der Waals surface area (Å²) in [5.41, 5.74) is -1.18. The zero-order valence-electron chi connectivity index (χ0n) is 9.67. The molecule has 18 heavy (non-hydrogen) atoms. The summed E-state index contributed by atoms with van der Waals surface area (Å²) in [5.74, 6) is -0.929. The van der Waals surface area contributed by atoms with Gasteiger partial charge in [-0.2, -0.15) is 13.2 Å². The Bertz CT molecular complexity index is 423. The molecule has 0 aromatic heterocycles. The van der Waals surface area contributed by atoms with Crippen LogP contribution in [0.25, 0.3) is 0 Å². The van der Waals surface area contributed by atoms with Gasteiger partial charge in [0.1, 0.15) is 5.82 Å². The zero-order chi connectivity index (χ0) is 13.3. The van der Waals surface area contributed by atoms with E-state index in [1.165, 1.54) is 6.07 Å². The highest BCUT2D eigenvalue weighted by Gasteiger charge is 2.34. The number of aliphatic hydroxyl groups excluding tert-OH is 1. The summed E-state index contributed by atoms with van der Waals surface area (Å²) in [4.78, 5) is 0. The molecule has 1 aliphatic carbocycles. The summed E-state index contributed by atoms with van der Waals surface area (Å²) in [7, 11) is 0. The van der Waals surface area contributed by atoms with Crippen molar-refractivity contribution < 1.29 is 22.7 Å². The first-order chi connectivity index (χ1) is 8.38. The molecule has 1 fully saturated rings. The van der Waals surface area contributed by atoms with E-state index in [9.17, 15) is 22.7 Å². The average Bonchev–Trinajstić information content (AvgIpc) is 2.22. The van der Waals surface area contributed by atoms with E-state index in [-0.39, 0.29) is 5.56 Å². The average molecular weight is 262 g/mol. The van der Waals surface area contributed by atoms with Crippen LogP contribution >= 0.6 is 0 Å². The van der Waals surface area contributed by atoms with Crippen molar-refractivity contribution in [2.24, 2.45) is 5.92 Å². The zero-order valence-corrected chi connectivity index (χ0v) is 9.67. The smallest absolute Gasteiger partial charge is 0.388 e. The molecular weight excluding hydrogens is 248 g/mol. The Morgan fingerprint density at radius 3 is 2.44 bits per heavy atom. The molecule has 0 heterocycles. The highest BCUT2D eigenvalue weighted by Crippen LogP contribution is 2.37. The second-order valence-electron chi connectivity index (χ2n) is 4.79. The van der Waals surface area contributed by atoms with Crippen LogP contribution in [0.5, 0.6) is 0 Å². The van der Waals surface area contributed by atoms with Gasteiger partial charge in [0.25, 0.3) is 0 Å². The molecular formula is C13H14F4O. The van der Waals surface area contributed by atoms with E-state index >= 15 is 0 Å². The summed E-state index contributed by atoms with van der Waals surface area (Å²) in [6.45, 7) is 0. The van der Waals surface area contributed by atoms with Gasteiger partial charge in [0.15, 0.2) is 0 Å². The summed E-state index contributed by atoms with van der Waals surface area (Å²) in [6.07, 6.45) is -2.11. The molecule has 1 N–H and O–H groups in total. The van der Waals surface area contributed by atoms with Crippen LogP contribution in [0.3, 0.4) is 0 Å². The molecule has 1 unspecified atom stereocenters. The number of halogens is 4. The van der Waals surface area contributed by atoms with E-state index in [0.717, 1.165) is 25.3 Å². The molecule has 5 heteroatoms. The molecule has 1 nitrogen and oxygen atoms in total. The Labute approximate surface area is 102 Å². The number of aliphatic hydroxyl groups is 1. The number of alkyl halides is 3. The normalized spacial score (nSPS) is 18.5. The van der Waals surface area contributed by atoms with Gasteiger partial charge in [-0.05, 0) is 30.0 Å². The Kier molecular flexibility index (Phi) is 3.61. The highest BCUT2D eigenvalue weighted by atomic mass is 19.4. The van der Waals surface area contributed by atoms with Crippen molar-refractivity contribution in [2.45, 2.75) is 38.0 Å². The fourth-order valence-corrected chi connectivity index (χ4v) is 2.15. The molecule has 1 saturated carbocycles. The molecule has 0 spiro atoms. The molecule has 0 amide bonds. The van der Waals surface area contributed by atoms with Crippen LogP contribution in [0, 0.1) is 11.7 Å². The molecule has 0 aliphatic heterocycles. The Hall–Kier alpha value is -1.10. The van der Waals surface area contributed by atoms with Gasteiger partial charge in [-0.25, -0.2) is 4.39 Å². The first-order valence-electron chi connectivity index (χ1n) is 5.92. The van der Waals surface area contributed by atoms with Crippen LogP contribution in [0.1, 0.15) is 42.9 Å². The van der Waals surface area contributed by atoms with Crippen LogP contribution in [0.15, 0.2) is 18.2 Å². The first-order valence-corrected chi connectivity index (χ1v) is 5.92. The molecule has 2 rings (SSSR count). The van der Waals surface area contributed by atoms with Crippen LogP contribution in [-0.4, -0.2) is 5.11 Å². The van der Waals surface area contributed by atoms with Crippen LogP contribution in [-0.2, 0) is 6.18 Å². The minimum atomic E-state index is -4.73. The summed E-state index contributed by atoms with van der Waals surface area (Å²) in [6, 6.07) is 2.69. The van der Waals surface area contributed by atoms with Gasteiger partial charge in [0.05, 0.1) is 11.7 Å². The fraction of sp³-hybridized carbons (Fsp3) is 0.538. The van der Waals surface area contributed by atoms with Gasteiger partial charge in [-0.3, -0.25) is 0 Å². The highest BCUT2D eigenvalue weighted by molar-refractivity contribution is 5.28. The maximum atomic E-state index is 13.1. The fourth-order valence-electron chi connectivity index (χ4n) is 2.15. The van der Waals surface area contributed by atoms with Crippen LogP contribution in [0.4, 0.5) is 17.6 Å². The van der Waals surface area contributed by atoms with Crippen molar-refractivity contribution in [2.75, 3.05) is 0 Å². The van der Waals surface area contributed by atoms with Crippen molar-refractivity contribution in [3.05, 3.63) is 35.1 Å². The quantitative estimate of drug-likeness (QED) is 0.814. The minimum absolute atomic E-state index is 0.135. The predicted molar refractivity (Wildman–Crippen MR) is 58.3 cm³/mol. The number of benzene rings is 1. The van der Waals surface area contributed by atoms with E-state index in [4.69, 9.17) is 0 Å². The standard InChI is InChI=1S/C13H14F4O/c14-11-5-4-9(7-10(11)13(15,16)17)12(18)6-8-2-1-3-8/h4-5,7-8,12,18H,1-3,6H2. The van der Waals surface area contributed by atoms with Gasteiger partial charge >= 0.3 is 6.18 Å². The van der Waals surface area contributed by atoms with E-state index < -0.39 is 23.7 Å². The van der Waals surface area contributed by atoms with Gasteiger partial charge in [-0.15, -0.1) is 0 Å². The first kappa shape index (κ1) is 13.3. The predicted octanol–water partition coefficient (Wildman–Crippen LogP) is 4.07. The van der Waals surface area contributed by atoms with Gasteiger partial charge in [-0.1, -0.05) is 25.3 Å². The maximum Gasteiger partial charge on any atom is 0.419 e. The van der Waals surface area contributed by atoms with Crippen LogP contribution < -0.4 is 0 Å². The monoisotopic (exact) mass is 262 g/mol. The Balaban J connectivity index is 2.17. The van der Waals surface area contributed by atoms with Gasteiger partial charge in [0, 0.05) is 0 Å². The summed E-state index contributed by atoms with van der Waals surface area (Å²) < 4.78 is 50.6. The lowest BCUT2D eigenvalue weighted by molar-refractivity contribution is -0.140. The molecule has 0 bridgehead atoms. The molecule has 1 aliphatic rings. The van der Waals surface area contributed by atoms with Crippen molar-refractivity contribution in [1.82, 2.24) is 0 Å². The van der Waals surface area contributed by atoms with Crippen molar-refractivity contribution in [3.8, 4) is 0 Å². The Morgan fingerprint density at radius 1 is 1.28 bits per heavy atom. The second kappa shape index (κ2) is 4.88. The van der Waals surface area contributed by atoms with E-state index in [0.29, 0.717) is 18.4 Å². The molecule has 0 radical (unpaired) electrons. The van der Waals surface area contributed by atoms with E-state index in [2.05, 4.69) is 0 Å². The minimum Gasteiger partial charge on any atom is -0.388 e. The number of hydrogen-bond donors (Lipinski definition) is 1. The molecule has 1 aromatic rings. The van der Waals surface area contributed by atoms with Crippen molar-refractivity contribution >= 4 is 0 Å². The number of rotatable bonds is 3. The maximum absolute atomic E-state index is 13.1.